The van der Waals surface area contributed by atoms with Crippen molar-refractivity contribution in [2.45, 2.75) is 10.9 Å². The molecule has 0 spiro atoms. The first-order valence-corrected chi connectivity index (χ1v) is 11.5. The number of carbonyl (C=O) groups is 2. The second-order valence-electron chi connectivity index (χ2n) is 7.21. The number of hydrogen-bond donors (Lipinski definition) is 3. The van der Waals surface area contributed by atoms with E-state index in [1.165, 1.54) is 36.4 Å². The standard InChI is InChI=1S/C23H21N3O6S/c24-22(27)21(15-4-2-1-3-5-15)25-23(28)16-6-8-17(9-7-16)26-33(29,30)18-10-11-19-20(14-18)32-13-12-31-19/h1-11,14,21,26H,12-13H2,(H2,24,27)(H,25,28). The van der Waals surface area contributed by atoms with E-state index in [1.54, 1.807) is 36.4 Å². The van der Waals surface area contributed by atoms with Crippen LogP contribution >= 0.6 is 0 Å². The smallest absolute Gasteiger partial charge is 0.262 e. The molecule has 0 bridgehead atoms. The highest BCUT2D eigenvalue weighted by molar-refractivity contribution is 7.92. The van der Waals surface area contributed by atoms with Gasteiger partial charge >= 0.3 is 0 Å². The summed E-state index contributed by atoms with van der Waals surface area (Å²) in [5.41, 5.74) is 6.49. The Balaban J connectivity index is 1.46. The molecule has 0 saturated heterocycles. The molecule has 10 heteroatoms. The van der Waals surface area contributed by atoms with Gasteiger partial charge in [-0.25, -0.2) is 8.42 Å². The van der Waals surface area contributed by atoms with E-state index < -0.39 is 27.9 Å². The van der Waals surface area contributed by atoms with Crippen LogP contribution in [-0.4, -0.2) is 33.4 Å². The number of rotatable bonds is 7. The molecule has 1 unspecified atom stereocenters. The van der Waals surface area contributed by atoms with Gasteiger partial charge in [0.05, 0.1) is 4.90 Å². The number of primary amides is 1. The van der Waals surface area contributed by atoms with Crippen LogP contribution in [0.4, 0.5) is 5.69 Å². The predicted molar refractivity (Wildman–Crippen MR) is 121 cm³/mol. The third-order valence-corrected chi connectivity index (χ3v) is 6.30. The van der Waals surface area contributed by atoms with Gasteiger partial charge in [0.2, 0.25) is 5.91 Å². The first-order chi connectivity index (χ1) is 15.8. The van der Waals surface area contributed by atoms with Gasteiger partial charge < -0.3 is 20.5 Å². The molecule has 33 heavy (non-hydrogen) atoms. The molecule has 3 aromatic rings. The quantitative estimate of drug-likeness (QED) is 0.487. The molecule has 4 N–H and O–H groups in total. The predicted octanol–water partition coefficient (Wildman–Crippen LogP) is 2.21. The Morgan fingerprint density at radius 3 is 2.21 bits per heavy atom. The summed E-state index contributed by atoms with van der Waals surface area (Å²) >= 11 is 0. The van der Waals surface area contributed by atoms with E-state index >= 15 is 0 Å². The van der Waals surface area contributed by atoms with Crippen molar-refractivity contribution < 1.29 is 27.5 Å². The molecule has 0 aliphatic carbocycles. The van der Waals surface area contributed by atoms with Gasteiger partial charge in [-0.15, -0.1) is 0 Å². The number of ether oxygens (including phenoxy) is 2. The maximum atomic E-state index is 12.7. The van der Waals surface area contributed by atoms with Crippen LogP contribution in [0.5, 0.6) is 11.5 Å². The van der Waals surface area contributed by atoms with E-state index in [0.29, 0.717) is 30.3 Å². The molecule has 0 radical (unpaired) electrons. The summed E-state index contributed by atoms with van der Waals surface area (Å²) in [5, 5.41) is 2.59. The minimum absolute atomic E-state index is 0.0146. The number of carbonyl (C=O) groups excluding carboxylic acids is 2. The Kier molecular flexibility index (Phi) is 6.18. The number of nitrogens with two attached hydrogens (primary N) is 1. The molecule has 2 amide bonds. The highest BCUT2D eigenvalue weighted by Gasteiger charge is 2.22. The molecule has 1 aliphatic rings. The molecule has 9 nitrogen and oxygen atoms in total. The molecule has 1 aliphatic heterocycles. The molecular formula is C23H21N3O6S. The van der Waals surface area contributed by atoms with Gasteiger partial charge in [-0.1, -0.05) is 30.3 Å². The Morgan fingerprint density at radius 2 is 1.55 bits per heavy atom. The molecule has 4 rings (SSSR count). The van der Waals surface area contributed by atoms with Crippen molar-refractivity contribution in [3.05, 3.63) is 83.9 Å². The second kappa shape index (κ2) is 9.21. The Hall–Kier alpha value is -4.05. The third-order valence-electron chi connectivity index (χ3n) is 4.92. The van der Waals surface area contributed by atoms with E-state index in [4.69, 9.17) is 15.2 Å². The van der Waals surface area contributed by atoms with E-state index in [9.17, 15) is 18.0 Å². The molecule has 0 fully saturated rings. The van der Waals surface area contributed by atoms with Crippen LogP contribution in [0, 0.1) is 0 Å². The van der Waals surface area contributed by atoms with Gasteiger partial charge in [-0.3, -0.25) is 14.3 Å². The molecule has 3 aromatic carbocycles. The second-order valence-corrected chi connectivity index (χ2v) is 8.89. The van der Waals surface area contributed by atoms with E-state index in [0.717, 1.165) is 0 Å². The highest BCUT2D eigenvalue weighted by atomic mass is 32.2. The summed E-state index contributed by atoms with van der Waals surface area (Å²) in [5.74, 6) is -0.374. The zero-order chi connectivity index (χ0) is 23.4. The fourth-order valence-corrected chi connectivity index (χ4v) is 4.35. The number of amides is 2. The van der Waals surface area contributed by atoms with Crippen LogP contribution in [0.25, 0.3) is 0 Å². The van der Waals surface area contributed by atoms with Crippen LogP contribution in [0.2, 0.25) is 0 Å². The number of hydrogen-bond acceptors (Lipinski definition) is 6. The van der Waals surface area contributed by atoms with Crippen LogP contribution < -0.4 is 25.2 Å². The SMILES string of the molecule is NC(=O)C(NC(=O)c1ccc(NS(=O)(=O)c2ccc3c(c2)OCCO3)cc1)c1ccccc1. The van der Waals surface area contributed by atoms with Crippen molar-refractivity contribution in [1.29, 1.82) is 0 Å². The molecule has 0 saturated carbocycles. The maximum Gasteiger partial charge on any atom is 0.262 e. The van der Waals surface area contributed by atoms with Gasteiger partial charge in [0.25, 0.3) is 15.9 Å². The van der Waals surface area contributed by atoms with E-state index in [1.807, 2.05) is 0 Å². The first kappa shape index (κ1) is 22.2. The van der Waals surface area contributed by atoms with Crippen molar-refractivity contribution >= 4 is 27.5 Å². The summed E-state index contributed by atoms with van der Waals surface area (Å²) in [7, 11) is -3.89. The number of benzene rings is 3. The lowest BCUT2D eigenvalue weighted by Gasteiger charge is -2.19. The summed E-state index contributed by atoms with van der Waals surface area (Å²) < 4.78 is 38.8. The summed E-state index contributed by atoms with van der Waals surface area (Å²) in [4.78, 5) is 24.4. The van der Waals surface area contributed by atoms with E-state index in [2.05, 4.69) is 10.0 Å². The number of anilines is 1. The summed E-state index contributed by atoms with van der Waals surface area (Å²) in [6.45, 7) is 0.747. The Bertz CT molecular complexity index is 1280. The average molecular weight is 468 g/mol. The Morgan fingerprint density at radius 1 is 0.879 bits per heavy atom. The normalized spacial score (nSPS) is 13.6. The summed E-state index contributed by atoms with van der Waals surface area (Å²) in [6.07, 6.45) is 0. The largest absolute Gasteiger partial charge is 0.486 e. The third kappa shape index (κ3) is 5.07. The van der Waals surface area contributed by atoms with Gasteiger partial charge in [-0.05, 0) is 42.0 Å². The highest BCUT2D eigenvalue weighted by Crippen LogP contribution is 2.32. The lowest BCUT2D eigenvalue weighted by Crippen LogP contribution is -2.37. The van der Waals surface area contributed by atoms with Crippen molar-refractivity contribution in [1.82, 2.24) is 5.32 Å². The molecule has 1 atom stereocenters. The fourth-order valence-electron chi connectivity index (χ4n) is 3.27. The topological polar surface area (TPSA) is 137 Å². The maximum absolute atomic E-state index is 12.7. The van der Waals surface area contributed by atoms with Gasteiger partial charge in [0.15, 0.2) is 11.5 Å². The number of fused-ring (bicyclic) bond motifs is 1. The lowest BCUT2D eigenvalue weighted by molar-refractivity contribution is -0.120. The summed E-state index contributed by atoms with van der Waals surface area (Å²) in [6, 6.07) is 17.8. The van der Waals surface area contributed by atoms with Crippen LogP contribution in [0.15, 0.2) is 77.7 Å². The average Bonchev–Trinajstić information content (AvgIpc) is 2.82. The van der Waals surface area contributed by atoms with Gasteiger partial charge in [-0.2, -0.15) is 0 Å². The van der Waals surface area contributed by atoms with Crippen molar-refractivity contribution in [2.24, 2.45) is 5.73 Å². The molecule has 0 aromatic heterocycles. The zero-order valence-electron chi connectivity index (χ0n) is 17.4. The Labute approximate surface area is 190 Å². The number of sulfonamides is 1. The van der Waals surface area contributed by atoms with Crippen molar-refractivity contribution in [3.8, 4) is 11.5 Å². The first-order valence-electron chi connectivity index (χ1n) is 10.0. The van der Waals surface area contributed by atoms with Crippen molar-refractivity contribution in [2.75, 3.05) is 17.9 Å². The lowest BCUT2D eigenvalue weighted by atomic mass is 10.1. The fraction of sp³-hybridized carbons (Fsp3) is 0.130. The zero-order valence-corrected chi connectivity index (χ0v) is 18.2. The monoisotopic (exact) mass is 467 g/mol. The minimum Gasteiger partial charge on any atom is -0.486 e. The molecule has 1 heterocycles. The minimum atomic E-state index is -3.89. The van der Waals surface area contributed by atoms with E-state index in [-0.39, 0.29) is 16.1 Å². The van der Waals surface area contributed by atoms with Gasteiger partial charge in [0.1, 0.15) is 19.3 Å². The molecular weight excluding hydrogens is 446 g/mol. The van der Waals surface area contributed by atoms with Crippen LogP contribution in [0.1, 0.15) is 22.0 Å². The van der Waals surface area contributed by atoms with Crippen LogP contribution in [0.3, 0.4) is 0 Å². The number of nitrogens with one attached hydrogen (secondary N) is 2. The van der Waals surface area contributed by atoms with Crippen LogP contribution in [-0.2, 0) is 14.8 Å². The van der Waals surface area contributed by atoms with Crippen molar-refractivity contribution in [3.63, 3.8) is 0 Å². The molecule has 170 valence electrons. The van der Waals surface area contributed by atoms with Gasteiger partial charge in [0, 0.05) is 17.3 Å².